The average molecular weight is 416 g/mol. The van der Waals surface area contributed by atoms with E-state index in [1.54, 1.807) is 0 Å². The van der Waals surface area contributed by atoms with E-state index >= 15 is 0 Å². The van der Waals surface area contributed by atoms with Crippen LogP contribution in [0.5, 0.6) is 17.2 Å². The number of rotatable bonds is 16. The van der Waals surface area contributed by atoms with Crippen LogP contribution in [0.3, 0.4) is 0 Å². The van der Waals surface area contributed by atoms with Gasteiger partial charge in [0.1, 0.15) is 0 Å². The van der Waals surface area contributed by atoms with E-state index in [0.29, 0.717) is 24.7 Å². The molecule has 0 aliphatic heterocycles. The lowest BCUT2D eigenvalue weighted by Crippen LogP contribution is -2.11. The summed E-state index contributed by atoms with van der Waals surface area (Å²) in [6.07, 6.45) is 11.9. The molecule has 1 rings (SSSR count). The highest BCUT2D eigenvalue weighted by Crippen LogP contribution is 2.38. The van der Waals surface area contributed by atoms with Crippen molar-refractivity contribution in [1.29, 1.82) is 0 Å². The van der Waals surface area contributed by atoms with Crippen LogP contribution in [0.4, 0.5) is 0 Å². The van der Waals surface area contributed by atoms with Gasteiger partial charge in [0.15, 0.2) is 11.5 Å². The van der Waals surface area contributed by atoms with E-state index in [2.05, 4.69) is 18.7 Å². The zero-order chi connectivity index (χ0) is 19.9. The number of ether oxygens (including phenoxy) is 2. The molecular formula is C23H42ClNO3. The maximum absolute atomic E-state index is 10.6. The van der Waals surface area contributed by atoms with Gasteiger partial charge in [-0.15, -0.1) is 12.4 Å². The zero-order valence-corrected chi connectivity index (χ0v) is 19.3. The van der Waals surface area contributed by atoms with Crippen molar-refractivity contribution >= 4 is 12.4 Å². The van der Waals surface area contributed by atoms with Crippen molar-refractivity contribution in [1.82, 2.24) is 4.90 Å². The van der Waals surface area contributed by atoms with Gasteiger partial charge in [-0.25, -0.2) is 0 Å². The van der Waals surface area contributed by atoms with Gasteiger partial charge in [0.25, 0.3) is 0 Å². The Morgan fingerprint density at radius 2 is 1.18 bits per heavy atom. The molecule has 1 N–H and O–H groups in total. The first kappa shape index (κ1) is 26.9. The minimum Gasteiger partial charge on any atom is -0.502 e. The largest absolute Gasteiger partial charge is 0.502 e. The third-order valence-corrected chi connectivity index (χ3v) is 4.61. The van der Waals surface area contributed by atoms with Gasteiger partial charge in [-0.2, -0.15) is 0 Å². The fraction of sp³-hybridized carbons (Fsp3) is 0.739. The first-order valence-electron chi connectivity index (χ1n) is 10.8. The minimum atomic E-state index is 0. The number of aromatic hydroxyl groups is 1. The van der Waals surface area contributed by atoms with Crippen LogP contribution in [0.1, 0.15) is 83.6 Å². The Labute approximate surface area is 179 Å². The lowest BCUT2D eigenvalue weighted by molar-refractivity contribution is 0.263. The monoisotopic (exact) mass is 415 g/mol. The Kier molecular flexibility index (Phi) is 16.1. The molecule has 0 bridgehead atoms. The van der Waals surface area contributed by atoms with Crippen LogP contribution < -0.4 is 9.47 Å². The van der Waals surface area contributed by atoms with Gasteiger partial charge in [0, 0.05) is 6.54 Å². The van der Waals surface area contributed by atoms with Crippen LogP contribution in [-0.4, -0.2) is 37.3 Å². The number of hydrogen-bond acceptors (Lipinski definition) is 4. The summed E-state index contributed by atoms with van der Waals surface area (Å²) in [6.45, 7) is 6.50. The summed E-state index contributed by atoms with van der Waals surface area (Å²) in [4.78, 5) is 2.11. The van der Waals surface area contributed by atoms with Gasteiger partial charge >= 0.3 is 0 Å². The topological polar surface area (TPSA) is 41.9 Å². The third-order valence-electron chi connectivity index (χ3n) is 4.61. The van der Waals surface area contributed by atoms with Gasteiger partial charge in [0.05, 0.1) is 13.2 Å². The minimum absolute atomic E-state index is 0. The molecule has 0 spiro atoms. The molecule has 1 aromatic carbocycles. The van der Waals surface area contributed by atoms with E-state index in [9.17, 15) is 5.11 Å². The smallest absolute Gasteiger partial charge is 0.200 e. The van der Waals surface area contributed by atoms with Crippen molar-refractivity contribution in [3.8, 4) is 17.2 Å². The molecule has 0 amide bonds. The predicted octanol–water partition coefficient (Wildman–Crippen LogP) is 6.57. The number of halogens is 1. The highest BCUT2D eigenvalue weighted by Gasteiger charge is 2.13. The molecule has 0 saturated heterocycles. The lowest BCUT2D eigenvalue weighted by Gasteiger charge is -2.17. The van der Waals surface area contributed by atoms with E-state index in [0.717, 1.165) is 24.9 Å². The van der Waals surface area contributed by atoms with E-state index in [-0.39, 0.29) is 18.2 Å². The second-order valence-electron chi connectivity index (χ2n) is 7.70. The van der Waals surface area contributed by atoms with Gasteiger partial charge in [-0.1, -0.05) is 65.2 Å². The number of nitrogens with zero attached hydrogens (tertiary/aromatic N) is 1. The zero-order valence-electron chi connectivity index (χ0n) is 18.5. The SMILES string of the molecule is CCCCCCCOc1cc(CN(C)C)cc(OCCCCCCC)c1O.Cl. The van der Waals surface area contributed by atoms with E-state index in [1.807, 2.05) is 26.2 Å². The van der Waals surface area contributed by atoms with Crippen LogP contribution >= 0.6 is 12.4 Å². The molecule has 164 valence electrons. The fourth-order valence-electron chi connectivity index (χ4n) is 3.09. The van der Waals surface area contributed by atoms with Crippen molar-refractivity contribution < 1.29 is 14.6 Å². The number of phenols is 1. The summed E-state index contributed by atoms with van der Waals surface area (Å²) in [7, 11) is 4.07. The summed E-state index contributed by atoms with van der Waals surface area (Å²) < 4.78 is 11.8. The predicted molar refractivity (Wildman–Crippen MR) is 121 cm³/mol. The Hall–Kier alpha value is -1.13. The van der Waals surface area contributed by atoms with Crippen molar-refractivity contribution in [2.24, 2.45) is 0 Å². The van der Waals surface area contributed by atoms with Crippen molar-refractivity contribution in [2.45, 2.75) is 84.6 Å². The number of benzene rings is 1. The molecule has 0 atom stereocenters. The Morgan fingerprint density at radius 1 is 0.750 bits per heavy atom. The fourth-order valence-corrected chi connectivity index (χ4v) is 3.09. The Balaban J connectivity index is 0.00000729. The van der Waals surface area contributed by atoms with Gasteiger partial charge < -0.3 is 19.5 Å². The summed E-state index contributed by atoms with van der Waals surface area (Å²) in [6, 6.07) is 3.88. The second kappa shape index (κ2) is 16.8. The summed E-state index contributed by atoms with van der Waals surface area (Å²) >= 11 is 0. The molecule has 0 aromatic heterocycles. The Morgan fingerprint density at radius 3 is 1.57 bits per heavy atom. The standard InChI is InChI=1S/C23H41NO3.ClH/c1-5-7-9-11-13-15-26-21-17-20(19-24(3)4)18-22(23(21)25)27-16-14-12-10-8-6-2;/h17-18,25H,5-16,19H2,1-4H3;1H. The average Bonchev–Trinajstić information content (AvgIpc) is 2.63. The molecule has 1 aromatic rings. The summed E-state index contributed by atoms with van der Waals surface area (Å²) in [5, 5.41) is 10.6. The second-order valence-corrected chi connectivity index (χ2v) is 7.70. The molecule has 5 heteroatoms. The molecule has 0 heterocycles. The molecule has 0 fully saturated rings. The number of phenolic OH excluding ortho intramolecular Hbond substituents is 1. The first-order valence-corrected chi connectivity index (χ1v) is 10.8. The molecule has 0 aliphatic rings. The van der Waals surface area contributed by atoms with Gasteiger partial charge in [-0.05, 0) is 44.6 Å². The quantitative estimate of drug-likeness (QED) is 0.310. The summed E-state index contributed by atoms with van der Waals surface area (Å²) in [5.41, 5.74) is 1.10. The number of hydrogen-bond donors (Lipinski definition) is 1. The van der Waals surface area contributed by atoms with Gasteiger partial charge in [0.2, 0.25) is 5.75 Å². The molecular weight excluding hydrogens is 374 g/mol. The highest BCUT2D eigenvalue weighted by molar-refractivity contribution is 5.85. The Bertz CT molecular complexity index is 472. The van der Waals surface area contributed by atoms with Crippen molar-refractivity contribution in [2.75, 3.05) is 27.3 Å². The van der Waals surface area contributed by atoms with Crippen LogP contribution in [0.15, 0.2) is 12.1 Å². The summed E-state index contributed by atoms with van der Waals surface area (Å²) in [5.74, 6) is 1.23. The molecule has 4 nitrogen and oxygen atoms in total. The van der Waals surface area contributed by atoms with Crippen molar-refractivity contribution in [3.05, 3.63) is 17.7 Å². The first-order chi connectivity index (χ1) is 13.1. The normalized spacial score (nSPS) is 10.8. The molecule has 0 radical (unpaired) electrons. The van der Waals surface area contributed by atoms with Crippen molar-refractivity contribution in [3.63, 3.8) is 0 Å². The third kappa shape index (κ3) is 11.7. The van der Waals surface area contributed by atoms with E-state index in [1.165, 1.54) is 51.4 Å². The van der Waals surface area contributed by atoms with Gasteiger partial charge in [-0.3, -0.25) is 0 Å². The molecule has 0 aliphatic carbocycles. The van der Waals surface area contributed by atoms with Crippen LogP contribution in [0.2, 0.25) is 0 Å². The maximum Gasteiger partial charge on any atom is 0.200 e. The molecule has 28 heavy (non-hydrogen) atoms. The van der Waals surface area contributed by atoms with E-state index < -0.39 is 0 Å². The molecule has 0 saturated carbocycles. The number of unbranched alkanes of at least 4 members (excludes halogenated alkanes) is 8. The lowest BCUT2D eigenvalue weighted by atomic mass is 10.1. The van der Waals surface area contributed by atoms with Crippen LogP contribution in [0.25, 0.3) is 0 Å². The highest BCUT2D eigenvalue weighted by atomic mass is 35.5. The van der Waals surface area contributed by atoms with Crippen LogP contribution in [0, 0.1) is 0 Å². The van der Waals surface area contributed by atoms with E-state index in [4.69, 9.17) is 9.47 Å². The van der Waals surface area contributed by atoms with Crippen LogP contribution in [-0.2, 0) is 6.54 Å². The molecule has 0 unspecified atom stereocenters. The maximum atomic E-state index is 10.6.